The average molecular weight is 451 g/mol. The lowest BCUT2D eigenvalue weighted by atomic mass is 10.1. The number of nitrogens with zero attached hydrogens (tertiary/aromatic N) is 2. The molecule has 8 heteroatoms. The van der Waals surface area contributed by atoms with Crippen LogP contribution in [0.5, 0.6) is 0 Å². The van der Waals surface area contributed by atoms with Gasteiger partial charge in [0.25, 0.3) is 0 Å². The monoisotopic (exact) mass is 450 g/mol. The van der Waals surface area contributed by atoms with Gasteiger partial charge in [-0.2, -0.15) is 5.10 Å². The van der Waals surface area contributed by atoms with Crippen molar-refractivity contribution < 1.29 is 8.42 Å². The summed E-state index contributed by atoms with van der Waals surface area (Å²) in [6.07, 6.45) is 0.432. The second kappa shape index (κ2) is 9.38. The van der Waals surface area contributed by atoms with E-state index in [0.717, 1.165) is 11.1 Å². The maximum atomic E-state index is 13.1. The van der Waals surface area contributed by atoms with Crippen LogP contribution in [-0.2, 0) is 23.0 Å². The molecule has 0 aliphatic heterocycles. The van der Waals surface area contributed by atoms with Gasteiger partial charge in [0.05, 0.1) is 17.5 Å². The van der Waals surface area contributed by atoms with Crippen LogP contribution in [0.4, 0.5) is 0 Å². The van der Waals surface area contributed by atoms with Gasteiger partial charge < -0.3 is 0 Å². The van der Waals surface area contributed by atoms with E-state index in [4.69, 9.17) is 12.2 Å². The Bertz CT molecular complexity index is 1290. The van der Waals surface area contributed by atoms with E-state index in [9.17, 15) is 8.42 Å². The molecular weight excluding hydrogens is 428 g/mol. The summed E-state index contributed by atoms with van der Waals surface area (Å²) in [7, 11) is -3.76. The lowest BCUT2D eigenvalue weighted by Crippen LogP contribution is -2.32. The van der Waals surface area contributed by atoms with Crippen molar-refractivity contribution in [1.29, 1.82) is 0 Å². The second-order valence-corrected chi connectivity index (χ2v) is 9.24. The quantitative estimate of drug-likeness (QED) is 0.393. The Morgan fingerprint density at radius 1 is 0.871 bits per heavy atom. The molecule has 0 saturated carbocycles. The normalized spacial score (nSPS) is 12.5. The van der Waals surface area contributed by atoms with Gasteiger partial charge in [-0.3, -0.25) is 9.67 Å². The zero-order chi connectivity index (χ0) is 21.7. The van der Waals surface area contributed by atoms with E-state index in [0.29, 0.717) is 23.6 Å². The molecular formula is C23H22N4O2S2. The van der Waals surface area contributed by atoms with E-state index in [1.165, 1.54) is 0 Å². The van der Waals surface area contributed by atoms with Crippen LogP contribution in [0.2, 0.25) is 0 Å². The number of hydrogen-bond acceptors (Lipinski definition) is 4. The Labute approximate surface area is 186 Å². The number of H-pyrrole nitrogens is 1. The van der Waals surface area contributed by atoms with Crippen LogP contribution in [0.25, 0.3) is 0 Å². The minimum Gasteiger partial charge on any atom is -0.298 e. The predicted molar refractivity (Wildman–Crippen MR) is 123 cm³/mol. The number of rotatable bonds is 8. The van der Waals surface area contributed by atoms with E-state index in [1.54, 1.807) is 30.3 Å². The van der Waals surface area contributed by atoms with Crippen molar-refractivity contribution in [3.05, 3.63) is 113 Å². The Kier molecular flexibility index (Phi) is 6.41. The Morgan fingerprint density at radius 3 is 2.03 bits per heavy atom. The molecule has 31 heavy (non-hydrogen) atoms. The highest BCUT2D eigenvalue weighted by atomic mass is 32.2. The maximum Gasteiger partial charge on any atom is 0.241 e. The molecule has 3 aromatic carbocycles. The molecule has 0 spiro atoms. The molecule has 158 valence electrons. The second-order valence-electron chi connectivity index (χ2n) is 7.14. The highest BCUT2D eigenvalue weighted by Crippen LogP contribution is 2.21. The highest BCUT2D eigenvalue weighted by Gasteiger charge is 2.26. The van der Waals surface area contributed by atoms with Crippen LogP contribution in [0.3, 0.4) is 0 Å². The number of aromatic amines is 1. The van der Waals surface area contributed by atoms with Crippen molar-refractivity contribution in [1.82, 2.24) is 19.5 Å². The fourth-order valence-electron chi connectivity index (χ4n) is 3.41. The summed E-state index contributed by atoms with van der Waals surface area (Å²) < 4.78 is 31.3. The average Bonchev–Trinajstić information content (AvgIpc) is 3.15. The molecule has 4 aromatic rings. The molecule has 0 unspecified atom stereocenters. The summed E-state index contributed by atoms with van der Waals surface area (Å²) in [5.74, 6) is 0.539. The molecule has 0 saturated heterocycles. The third-order valence-corrected chi connectivity index (χ3v) is 6.72. The van der Waals surface area contributed by atoms with Crippen LogP contribution >= 0.6 is 12.2 Å². The molecule has 0 bridgehead atoms. The topological polar surface area (TPSA) is 79.8 Å². The number of sulfonamides is 1. The number of benzene rings is 3. The summed E-state index contributed by atoms with van der Waals surface area (Å²) in [5.41, 5.74) is 2.04. The van der Waals surface area contributed by atoms with Gasteiger partial charge >= 0.3 is 0 Å². The van der Waals surface area contributed by atoms with Crippen LogP contribution in [0.1, 0.15) is 23.0 Å². The van der Waals surface area contributed by atoms with Gasteiger partial charge in [-0.1, -0.05) is 78.9 Å². The minimum atomic E-state index is -3.76. The Hall–Kier alpha value is -3.07. The molecule has 0 aliphatic carbocycles. The SMILES string of the molecule is O=S(=O)(N[C@H](Cc1ccccc1)c1n[nH]c(=S)n1Cc1ccccc1)c1ccccc1. The molecule has 1 heterocycles. The molecule has 0 fully saturated rings. The molecule has 0 amide bonds. The van der Waals surface area contributed by atoms with Gasteiger partial charge in [0.1, 0.15) is 5.82 Å². The molecule has 4 rings (SSSR count). The zero-order valence-electron chi connectivity index (χ0n) is 16.7. The van der Waals surface area contributed by atoms with Crippen molar-refractivity contribution in [2.24, 2.45) is 0 Å². The first-order valence-corrected chi connectivity index (χ1v) is 11.7. The molecule has 2 N–H and O–H groups in total. The first-order valence-electron chi connectivity index (χ1n) is 9.83. The molecule has 6 nitrogen and oxygen atoms in total. The number of nitrogens with one attached hydrogen (secondary N) is 2. The van der Waals surface area contributed by atoms with Gasteiger partial charge in [-0.05, 0) is 41.9 Å². The molecule has 1 atom stereocenters. The van der Waals surface area contributed by atoms with Crippen molar-refractivity contribution in [2.45, 2.75) is 23.9 Å². The summed E-state index contributed by atoms with van der Waals surface area (Å²) >= 11 is 5.46. The first kappa shape index (κ1) is 21.2. The summed E-state index contributed by atoms with van der Waals surface area (Å²) in [6.45, 7) is 0.490. The van der Waals surface area contributed by atoms with Crippen LogP contribution in [0.15, 0.2) is 95.9 Å². The van der Waals surface area contributed by atoms with Gasteiger partial charge in [-0.15, -0.1) is 0 Å². The van der Waals surface area contributed by atoms with Crippen LogP contribution in [-0.4, -0.2) is 23.2 Å². The third kappa shape index (κ3) is 5.16. The zero-order valence-corrected chi connectivity index (χ0v) is 18.3. The van der Waals surface area contributed by atoms with E-state index >= 15 is 0 Å². The van der Waals surface area contributed by atoms with Gasteiger partial charge in [0, 0.05) is 0 Å². The minimum absolute atomic E-state index is 0.205. The third-order valence-electron chi connectivity index (χ3n) is 4.92. The van der Waals surface area contributed by atoms with Crippen LogP contribution < -0.4 is 4.72 Å². The molecule has 1 aromatic heterocycles. The van der Waals surface area contributed by atoms with Gasteiger partial charge in [0.2, 0.25) is 10.0 Å². The standard InChI is InChI=1S/C23H22N4O2S2/c28-31(29,20-14-8-3-9-15-20)26-21(16-18-10-4-1-5-11-18)22-24-25-23(30)27(22)17-19-12-6-2-7-13-19/h1-15,21,26H,16-17H2,(H,25,30)/t21-/m1/s1. The molecule has 0 aliphatic rings. The summed E-state index contributed by atoms with van der Waals surface area (Å²) in [4.78, 5) is 0.205. The maximum absolute atomic E-state index is 13.1. The fraction of sp³-hybridized carbons (Fsp3) is 0.130. The highest BCUT2D eigenvalue weighted by molar-refractivity contribution is 7.89. The molecule has 0 radical (unpaired) electrons. The van der Waals surface area contributed by atoms with Crippen molar-refractivity contribution in [2.75, 3.05) is 0 Å². The van der Waals surface area contributed by atoms with Crippen molar-refractivity contribution >= 4 is 22.2 Å². The van der Waals surface area contributed by atoms with Crippen LogP contribution in [0, 0.1) is 4.77 Å². The summed E-state index contributed by atoms with van der Waals surface area (Å²) in [6, 6.07) is 27.3. The number of aromatic nitrogens is 3. The van der Waals surface area contributed by atoms with E-state index in [1.807, 2.05) is 65.2 Å². The van der Waals surface area contributed by atoms with Crippen molar-refractivity contribution in [3.63, 3.8) is 0 Å². The van der Waals surface area contributed by atoms with E-state index in [-0.39, 0.29) is 4.90 Å². The first-order chi connectivity index (χ1) is 15.0. The Morgan fingerprint density at radius 2 is 1.42 bits per heavy atom. The number of hydrogen-bond donors (Lipinski definition) is 2. The lowest BCUT2D eigenvalue weighted by molar-refractivity contribution is 0.527. The Balaban J connectivity index is 1.72. The summed E-state index contributed by atoms with van der Waals surface area (Å²) in [5, 5.41) is 7.24. The predicted octanol–water partition coefficient (Wildman–Crippen LogP) is 4.25. The lowest BCUT2D eigenvalue weighted by Gasteiger charge is -2.19. The van der Waals surface area contributed by atoms with Crippen molar-refractivity contribution in [3.8, 4) is 0 Å². The largest absolute Gasteiger partial charge is 0.298 e. The van der Waals surface area contributed by atoms with E-state index < -0.39 is 16.1 Å². The fourth-order valence-corrected chi connectivity index (χ4v) is 4.82. The van der Waals surface area contributed by atoms with Gasteiger partial charge in [0.15, 0.2) is 4.77 Å². The van der Waals surface area contributed by atoms with E-state index in [2.05, 4.69) is 14.9 Å². The smallest absolute Gasteiger partial charge is 0.241 e. The van der Waals surface area contributed by atoms with Gasteiger partial charge in [-0.25, -0.2) is 13.1 Å².